The van der Waals surface area contributed by atoms with Crippen molar-refractivity contribution in [2.45, 2.75) is 18.0 Å². The first-order valence-corrected chi connectivity index (χ1v) is 9.91. The second kappa shape index (κ2) is 10.0. The van der Waals surface area contributed by atoms with E-state index in [2.05, 4.69) is 0 Å². The zero-order valence-corrected chi connectivity index (χ0v) is 16.4. The molecule has 0 spiro atoms. The quantitative estimate of drug-likeness (QED) is 0.340. The summed E-state index contributed by atoms with van der Waals surface area (Å²) in [5.74, 6) is -1.63. The molecule has 0 saturated carbocycles. The maximum Gasteiger partial charge on any atom is 0.465 e. The van der Waals surface area contributed by atoms with Gasteiger partial charge in [-0.05, 0) is 36.9 Å². The van der Waals surface area contributed by atoms with E-state index in [0.717, 1.165) is 18.2 Å². The number of carboxylic acid groups (broad SMARTS) is 1. The van der Waals surface area contributed by atoms with Crippen LogP contribution in [0, 0.1) is 5.92 Å². The van der Waals surface area contributed by atoms with Crippen molar-refractivity contribution >= 4 is 30.8 Å². The molecule has 1 amide bonds. The lowest BCUT2D eigenvalue weighted by atomic mass is 9.81. The van der Waals surface area contributed by atoms with Crippen molar-refractivity contribution in [1.29, 1.82) is 0 Å². The van der Waals surface area contributed by atoms with Crippen molar-refractivity contribution < 1.29 is 34.6 Å². The second-order valence-corrected chi connectivity index (χ2v) is 7.88. The number of thioether (sulfide) groups is 1. The fraction of sp³-hybridized carbons (Fsp3) is 0.529. The molecular formula is C17H25BN2O7S. The van der Waals surface area contributed by atoms with Gasteiger partial charge in [0.15, 0.2) is 0 Å². The van der Waals surface area contributed by atoms with E-state index >= 15 is 0 Å². The Kier molecular flexibility index (Phi) is 7.99. The van der Waals surface area contributed by atoms with E-state index in [-0.39, 0.29) is 29.4 Å². The van der Waals surface area contributed by atoms with Crippen LogP contribution in [0.15, 0.2) is 12.1 Å². The summed E-state index contributed by atoms with van der Waals surface area (Å²) in [6.07, 6.45) is 0.827. The first kappa shape index (κ1) is 22.3. The number of likely N-dealkylation sites (tertiary alicyclic amines) is 1. The molecule has 1 fully saturated rings. The van der Waals surface area contributed by atoms with E-state index < -0.39 is 29.5 Å². The molecule has 2 rings (SSSR count). The van der Waals surface area contributed by atoms with Crippen LogP contribution < -0.4 is 10.5 Å². The average molecular weight is 412 g/mol. The fourth-order valence-corrected chi connectivity index (χ4v) is 4.15. The third-order valence-corrected chi connectivity index (χ3v) is 6.06. The van der Waals surface area contributed by atoms with Gasteiger partial charge in [0.05, 0.1) is 12.9 Å². The number of methoxy groups -OCH3 is 1. The third-order valence-electron chi connectivity index (χ3n) is 4.80. The number of carbonyl (C=O) groups excluding carboxylic acids is 1. The minimum atomic E-state index is -1.75. The molecule has 6 N–H and O–H groups in total. The Morgan fingerprint density at radius 2 is 2.14 bits per heavy atom. The molecule has 1 aliphatic rings. The molecule has 1 aromatic carbocycles. The van der Waals surface area contributed by atoms with Crippen molar-refractivity contribution in [3.05, 3.63) is 23.3 Å². The van der Waals surface area contributed by atoms with Gasteiger partial charge in [-0.1, -0.05) is 6.07 Å². The molecule has 0 radical (unpaired) electrons. The Hall–Kier alpha value is -1.95. The lowest BCUT2D eigenvalue weighted by Gasteiger charge is -2.20. The first-order valence-electron chi connectivity index (χ1n) is 8.86. The molecular weight excluding hydrogens is 387 g/mol. The van der Waals surface area contributed by atoms with Gasteiger partial charge >= 0.3 is 13.1 Å². The summed E-state index contributed by atoms with van der Waals surface area (Å²) in [7, 11) is -0.459. The smallest absolute Gasteiger partial charge is 0.465 e. The second-order valence-electron chi connectivity index (χ2n) is 6.65. The Morgan fingerprint density at radius 1 is 1.43 bits per heavy atom. The number of amides is 1. The van der Waals surface area contributed by atoms with Gasteiger partial charge < -0.3 is 35.6 Å². The van der Waals surface area contributed by atoms with Gasteiger partial charge in [0.25, 0.3) is 0 Å². The third kappa shape index (κ3) is 5.31. The van der Waals surface area contributed by atoms with Crippen LogP contribution in [0.2, 0.25) is 0 Å². The molecule has 11 heteroatoms. The molecule has 1 heterocycles. The van der Waals surface area contributed by atoms with Gasteiger partial charge in [0.1, 0.15) is 17.1 Å². The normalized spacial score (nSPS) is 17.4. The monoisotopic (exact) mass is 412 g/mol. The van der Waals surface area contributed by atoms with Crippen LogP contribution >= 0.6 is 11.8 Å². The number of aromatic hydroxyl groups is 1. The summed E-state index contributed by atoms with van der Waals surface area (Å²) in [4.78, 5) is 25.4. The van der Waals surface area contributed by atoms with Crippen LogP contribution in [0.1, 0.15) is 22.3 Å². The summed E-state index contributed by atoms with van der Waals surface area (Å²) in [5.41, 5.74) is 5.46. The summed E-state index contributed by atoms with van der Waals surface area (Å²) >= 11 is 1.05. The van der Waals surface area contributed by atoms with E-state index in [4.69, 9.17) is 10.5 Å². The zero-order chi connectivity index (χ0) is 20.8. The Morgan fingerprint density at radius 3 is 2.68 bits per heavy atom. The van der Waals surface area contributed by atoms with Crippen molar-refractivity contribution in [2.75, 3.05) is 32.5 Å². The molecule has 2 atom stereocenters. The highest BCUT2D eigenvalue weighted by Crippen LogP contribution is 2.33. The number of phenols is 1. The number of ether oxygens (including phenoxy) is 1. The molecule has 28 heavy (non-hydrogen) atoms. The predicted octanol–water partition coefficient (Wildman–Crippen LogP) is -0.437. The molecule has 1 aromatic rings. The summed E-state index contributed by atoms with van der Waals surface area (Å²) < 4.78 is 4.94. The number of nitrogens with zero attached hydrogens (tertiary/aromatic N) is 1. The van der Waals surface area contributed by atoms with Gasteiger partial charge in [0.2, 0.25) is 5.91 Å². The standard InChI is InChI=1S/C17H25BN2O7S/c1-27-12-3-2-11(16(22)15(12)17(23)24)6-13(18(25)26)28-9-14(21)20-5-4-10(7-19)8-20/h2-3,10,13,22,25-26H,4-9,19H2,1H3,(H,23,24). The fourth-order valence-electron chi connectivity index (χ4n) is 3.15. The number of hydrogen-bond acceptors (Lipinski definition) is 8. The number of carboxylic acids is 1. The van der Waals surface area contributed by atoms with Crippen molar-refractivity contribution in [3.63, 3.8) is 0 Å². The molecule has 0 bridgehead atoms. The number of rotatable bonds is 9. The highest BCUT2D eigenvalue weighted by Gasteiger charge is 2.30. The van der Waals surface area contributed by atoms with Gasteiger partial charge in [-0.15, -0.1) is 0 Å². The van der Waals surface area contributed by atoms with E-state index in [0.29, 0.717) is 25.6 Å². The molecule has 9 nitrogen and oxygen atoms in total. The molecule has 0 aliphatic carbocycles. The van der Waals surface area contributed by atoms with Crippen LogP contribution in [0.3, 0.4) is 0 Å². The van der Waals surface area contributed by atoms with Crippen molar-refractivity contribution in [3.8, 4) is 11.5 Å². The summed E-state index contributed by atoms with van der Waals surface area (Å²) in [6.45, 7) is 1.76. The van der Waals surface area contributed by atoms with Gasteiger partial charge in [-0.2, -0.15) is 11.8 Å². The van der Waals surface area contributed by atoms with Gasteiger partial charge in [0, 0.05) is 18.2 Å². The maximum atomic E-state index is 12.3. The number of hydrogen-bond donors (Lipinski definition) is 5. The minimum absolute atomic E-state index is 0.00108. The molecule has 1 aliphatic heterocycles. The lowest BCUT2D eigenvalue weighted by Crippen LogP contribution is -2.35. The Balaban J connectivity index is 2.06. The number of benzene rings is 1. The van der Waals surface area contributed by atoms with Crippen LogP contribution in [-0.2, 0) is 11.2 Å². The highest BCUT2D eigenvalue weighted by molar-refractivity contribution is 8.01. The first-order chi connectivity index (χ1) is 13.3. The highest BCUT2D eigenvalue weighted by atomic mass is 32.2. The van der Waals surface area contributed by atoms with E-state index in [1.54, 1.807) is 4.90 Å². The maximum absolute atomic E-state index is 12.3. The Labute approximate surface area is 167 Å². The van der Waals surface area contributed by atoms with Crippen molar-refractivity contribution in [2.24, 2.45) is 11.7 Å². The van der Waals surface area contributed by atoms with E-state index in [9.17, 15) is 29.9 Å². The molecule has 1 saturated heterocycles. The van der Waals surface area contributed by atoms with Crippen LogP contribution in [0.25, 0.3) is 0 Å². The average Bonchev–Trinajstić information content (AvgIpc) is 3.14. The largest absolute Gasteiger partial charge is 0.507 e. The van der Waals surface area contributed by atoms with Crippen LogP contribution in [0.4, 0.5) is 0 Å². The van der Waals surface area contributed by atoms with E-state index in [1.165, 1.54) is 19.2 Å². The topological polar surface area (TPSA) is 154 Å². The summed E-state index contributed by atoms with van der Waals surface area (Å²) in [5, 5.41) is 38.1. The van der Waals surface area contributed by atoms with Crippen LogP contribution in [0.5, 0.6) is 11.5 Å². The van der Waals surface area contributed by atoms with E-state index in [1.807, 2.05) is 0 Å². The number of aromatic carboxylic acids is 1. The lowest BCUT2D eigenvalue weighted by molar-refractivity contribution is -0.127. The number of carbonyl (C=O) groups is 2. The minimum Gasteiger partial charge on any atom is -0.507 e. The number of nitrogens with two attached hydrogens (primary N) is 1. The molecule has 2 unspecified atom stereocenters. The Bertz CT molecular complexity index is 719. The zero-order valence-electron chi connectivity index (χ0n) is 15.6. The SMILES string of the molecule is COc1ccc(CC(SCC(=O)N2CCC(CN)C2)B(O)O)c(O)c1C(=O)O. The van der Waals surface area contributed by atoms with Gasteiger partial charge in [-0.25, -0.2) is 4.79 Å². The van der Waals surface area contributed by atoms with Gasteiger partial charge in [-0.3, -0.25) is 4.79 Å². The molecule has 0 aromatic heterocycles. The predicted molar refractivity (Wildman–Crippen MR) is 106 cm³/mol. The summed E-state index contributed by atoms with van der Waals surface area (Å²) in [6, 6.07) is 2.86. The molecule has 154 valence electrons. The van der Waals surface area contributed by atoms with Crippen LogP contribution in [-0.4, -0.2) is 81.8 Å². The van der Waals surface area contributed by atoms with Crippen molar-refractivity contribution in [1.82, 2.24) is 4.90 Å².